The van der Waals surface area contributed by atoms with Gasteiger partial charge in [-0.3, -0.25) is 4.79 Å². The van der Waals surface area contributed by atoms with E-state index in [-0.39, 0.29) is 18.6 Å². The Morgan fingerprint density at radius 1 is 1.15 bits per heavy atom. The van der Waals surface area contributed by atoms with E-state index in [9.17, 15) is 9.59 Å². The van der Waals surface area contributed by atoms with Crippen molar-refractivity contribution in [3.05, 3.63) is 29.8 Å². The number of ether oxygens (including phenoxy) is 3. The number of nitrogens with one attached hydrogen (secondary N) is 1. The maximum Gasteiger partial charge on any atom is 0.331 e. The van der Waals surface area contributed by atoms with Gasteiger partial charge in [0.1, 0.15) is 0 Å². The van der Waals surface area contributed by atoms with Crippen LogP contribution < -0.4 is 14.8 Å². The fourth-order valence-electron chi connectivity index (χ4n) is 3.34. The molecule has 0 aliphatic heterocycles. The first-order chi connectivity index (χ1) is 12.9. The lowest BCUT2D eigenvalue weighted by atomic mass is 9.78. The molecular weight excluding hydrogens is 346 g/mol. The van der Waals surface area contributed by atoms with Crippen molar-refractivity contribution < 1.29 is 23.8 Å². The van der Waals surface area contributed by atoms with E-state index >= 15 is 0 Å². The fourth-order valence-corrected chi connectivity index (χ4v) is 3.34. The number of carbonyl (C=O) groups excluding carboxylic acids is 2. The second-order valence-corrected chi connectivity index (χ2v) is 7.00. The summed E-state index contributed by atoms with van der Waals surface area (Å²) in [6, 6.07) is 5.45. The zero-order valence-corrected chi connectivity index (χ0v) is 16.5. The topological polar surface area (TPSA) is 73.9 Å². The number of rotatable bonds is 7. The summed E-state index contributed by atoms with van der Waals surface area (Å²) < 4.78 is 15.4. The lowest BCUT2D eigenvalue weighted by Gasteiger charge is -2.34. The van der Waals surface area contributed by atoms with Gasteiger partial charge in [-0.2, -0.15) is 0 Å². The van der Waals surface area contributed by atoms with Gasteiger partial charge in [0, 0.05) is 12.1 Å². The predicted molar refractivity (Wildman–Crippen MR) is 104 cm³/mol. The summed E-state index contributed by atoms with van der Waals surface area (Å²) in [7, 11) is 3.11. The van der Waals surface area contributed by atoms with Gasteiger partial charge in [-0.25, -0.2) is 4.79 Å². The minimum atomic E-state index is -0.565. The van der Waals surface area contributed by atoms with Crippen molar-refractivity contribution >= 4 is 18.0 Å². The first-order valence-corrected chi connectivity index (χ1v) is 9.30. The minimum Gasteiger partial charge on any atom is -0.493 e. The highest BCUT2D eigenvalue weighted by atomic mass is 16.5. The Morgan fingerprint density at radius 3 is 2.59 bits per heavy atom. The third-order valence-electron chi connectivity index (χ3n) is 5.22. The molecule has 0 radical (unpaired) electrons. The maximum absolute atomic E-state index is 12.1. The van der Waals surface area contributed by atoms with Crippen LogP contribution in [0, 0.1) is 11.8 Å². The smallest absolute Gasteiger partial charge is 0.331 e. The highest BCUT2D eigenvalue weighted by molar-refractivity contribution is 5.89. The zero-order valence-electron chi connectivity index (χ0n) is 16.5. The molecule has 0 spiro atoms. The quantitative estimate of drug-likeness (QED) is 0.585. The zero-order chi connectivity index (χ0) is 19.8. The number of hydrogen-bond donors (Lipinski definition) is 1. The molecule has 1 saturated carbocycles. The molecule has 0 unspecified atom stereocenters. The second kappa shape index (κ2) is 10.00. The van der Waals surface area contributed by atoms with Crippen LogP contribution >= 0.6 is 0 Å². The summed E-state index contributed by atoms with van der Waals surface area (Å²) >= 11 is 0. The Kier molecular flexibility index (Phi) is 7.70. The lowest BCUT2D eigenvalue weighted by molar-refractivity contribution is -0.144. The van der Waals surface area contributed by atoms with Crippen LogP contribution in [0.3, 0.4) is 0 Å². The second-order valence-electron chi connectivity index (χ2n) is 7.00. The average Bonchev–Trinajstić information content (AvgIpc) is 2.68. The molecule has 0 aromatic heterocycles. The van der Waals surface area contributed by atoms with Crippen molar-refractivity contribution in [1.29, 1.82) is 0 Å². The van der Waals surface area contributed by atoms with Crippen molar-refractivity contribution in [2.24, 2.45) is 11.8 Å². The first kappa shape index (κ1) is 20.8. The molecule has 1 aromatic rings. The van der Waals surface area contributed by atoms with E-state index in [0.717, 1.165) is 18.4 Å². The van der Waals surface area contributed by atoms with Gasteiger partial charge < -0.3 is 19.5 Å². The highest BCUT2D eigenvalue weighted by Gasteiger charge is 2.28. The van der Waals surface area contributed by atoms with E-state index in [0.29, 0.717) is 23.3 Å². The van der Waals surface area contributed by atoms with Crippen LogP contribution in [0.5, 0.6) is 11.5 Å². The molecule has 148 valence electrons. The van der Waals surface area contributed by atoms with Crippen LogP contribution in [-0.4, -0.2) is 38.7 Å². The molecule has 0 bridgehead atoms. The molecule has 1 aliphatic carbocycles. The molecule has 6 nitrogen and oxygen atoms in total. The molecular formula is C21H29NO5. The van der Waals surface area contributed by atoms with Crippen LogP contribution in [-0.2, 0) is 14.3 Å². The molecule has 6 heteroatoms. The molecule has 1 fully saturated rings. The Hall–Kier alpha value is -2.50. The van der Waals surface area contributed by atoms with Crippen molar-refractivity contribution in [2.45, 2.75) is 39.2 Å². The summed E-state index contributed by atoms with van der Waals surface area (Å²) in [5, 5.41) is 2.99. The van der Waals surface area contributed by atoms with Gasteiger partial charge in [-0.15, -0.1) is 0 Å². The van der Waals surface area contributed by atoms with Gasteiger partial charge in [0.25, 0.3) is 5.91 Å². The highest BCUT2D eigenvalue weighted by Crippen LogP contribution is 2.29. The van der Waals surface area contributed by atoms with E-state index in [4.69, 9.17) is 14.2 Å². The standard InChI is InChI=1S/C21H29NO5/c1-14-6-5-7-17(15(14)2)22-20(23)13-27-21(24)11-9-16-8-10-18(25-3)19(12-16)26-4/h8-12,14-15,17H,5-7,13H2,1-4H3,(H,22,23)/b11-9+/t14-,15-,17+/m1/s1. The van der Waals surface area contributed by atoms with Crippen LogP contribution in [0.15, 0.2) is 24.3 Å². The Bertz CT molecular complexity index is 685. The van der Waals surface area contributed by atoms with Crippen LogP contribution in [0.25, 0.3) is 6.08 Å². The van der Waals surface area contributed by atoms with Gasteiger partial charge in [-0.05, 0) is 42.0 Å². The van der Waals surface area contributed by atoms with E-state index in [1.165, 1.54) is 12.5 Å². The average molecular weight is 375 g/mol. The van der Waals surface area contributed by atoms with Crippen LogP contribution in [0.4, 0.5) is 0 Å². The van der Waals surface area contributed by atoms with E-state index in [1.54, 1.807) is 38.5 Å². The maximum atomic E-state index is 12.1. The molecule has 0 saturated heterocycles. The Morgan fingerprint density at radius 2 is 1.89 bits per heavy atom. The molecule has 3 atom stereocenters. The van der Waals surface area contributed by atoms with E-state index in [1.807, 2.05) is 0 Å². The molecule has 27 heavy (non-hydrogen) atoms. The van der Waals surface area contributed by atoms with Crippen molar-refractivity contribution in [3.63, 3.8) is 0 Å². The number of esters is 1. The van der Waals surface area contributed by atoms with Crippen molar-refractivity contribution in [3.8, 4) is 11.5 Å². The largest absolute Gasteiger partial charge is 0.493 e. The first-order valence-electron chi connectivity index (χ1n) is 9.30. The van der Waals surface area contributed by atoms with Gasteiger partial charge in [0.05, 0.1) is 14.2 Å². The molecule has 1 aliphatic rings. The predicted octanol–water partition coefficient (Wildman–Crippen LogP) is 3.20. The Balaban J connectivity index is 1.81. The summed E-state index contributed by atoms with van der Waals surface area (Å²) in [5.41, 5.74) is 0.763. The number of methoxy groups -OCH3 is 2. The normalized spacial score (nSPS) is 22.3. The molecule has 2 rings (SSSR count). The van der Waals surface area contributed by atoms with Gasteiger partial charge in [-0.1, -0.05) is 32.8 Å². The lowest BCUT2D eigenvalue weighted by Crippen LogP contribution is -2.45. The third kappa shape index (κ3) is 6.01. The number of benzene rings is 1. The summed E-state index contributed by atoms with van der Waals surface area (Å²) in [4.78, 5) is 23.9. The molecule has 1 N–H and O–H groups in total. The van der Waals surface area contributed by atoms with Gasteiger partial charge in [0.2, 0.25) is 0 Å². The van der Waals surface area contributed by atoms with Gasteiger partial charge >= 0.3 is 5.97 Å². The van der Waals surface area contributed by atoms with E-state index < -0.39 is 5.97 Å². The monoisotopic (exact) mass is 375 g/mol. The number of amides is 1. The fraction of sp³-hybridized carbons (Fsp3) is 0.524. The van der Waals surface area contributed by atoms with E-state index in [2.05, 4.69) is 19.2 Å². The van der Waals surface area contributed by atoms with Crippen molar-refractivity contribution in [2.75, 3.05) is 20.8 Å². The molecule has 1 aromatic carbocycles. The molecule has 1 amide bonds. The summed E-state index contributed by atoms with van der Waals surface area (Å²) in [6.45, 7) is 4.10. The third-order valence-corrected chi connectivity index (χ3v) is 5.22. The van der Waals surface area contributed by atoms with Crippen molar-refractivity contribution in [1.82, 2.24) is 5.32 Å². The molecule has 0 heterocycles. The van der Waals surface area contributed by atoms with Crippen LogP contribution in [0.1, 0.15) is 38.7 Å². The number of carbonyl (C=O) groups is 2. The van der Waals surface area contributed by atoms with Gasteiger partial charge in [0.15, 0.2) is 18.1 Å². The Labute approximate surface area is 160 Å². The minimum absolute atomic E-state index is 0.155. The summed E-state index contributed by atoms with van der Waals surface area (Å²) in [5.74, 6) is 1.39. The summed E-state index contributed by atoms with van der Waals surface area (Å²) in [6.07, 6.45) is 6.19. The SMILES string of the molecule is COc1ccc(/C=C/C(=O)OCC(=O)N[C@H]2CCC[C@@H](C)[C@H]2C)cc1OC. The number of hydrogen-bond acceptors (Lipinski definition) is 5. The van der Waals surface area contributed by atoms with Crippen LogP contribution in [0.2, 0.25) is 0 Å².